The van der Waals surface area contributed by atoms with Crippen LogP contribution in [0.25, 0.3) is 0 Å². The molecule has 4 atom stereocenters. The lowest BCUT2D eigenvalue weighted by Gasteiger charge is -2.44. The van der Waals surface area contributed by atoms with Gasteiger partial charge in [-0.1, -0.05) is 30.3 Å². The molecule has 6 nitrogen and oxygen atoms in total. The van der Waals surface area contributed by atoms with Gasteiger partial charge in [-0.2, -0.15) is 0 Å². The molecule has 44 heavy (non-hydrogen) atoms. The molecular weight excluding hydrogens is 553 g/mol. The first-order valence-electron chi connectivity index (χ1n) is 16.5. The maximum absolute atomic E-state index is 15.3. The third-order valence-electron chi connectivity index (χ3n) is 9.79. The summed E-state index contributed by atoms with van der Waals surface area (Å²) in [5.74, 6) is -0.888. The van der Waals surface area contributed by atoms with Crippen LogP contribution >= 0.6 is 0 Å². The molecule has 2 aromatic rings. The van der Waals surface area contributed by atoms with Gasteiger partial charge in [0.1, 0.15) is 17.5 Å². The van der Waals surface area contributed by atoms with E-state index in [1.165, 1.54) is 17.5 Å². The zero-order chi connectivity index (χ0) is 32.0. The van der Waals surface area contributed by atoms with Gasteiger partial charge < -0.3 is 9.64 Å². The van der Waals surface area contributed by atoms with Crippen molar-refractivity contribution in [1.29, 1.82) is 0 Å². The molecule has 0 spiro atoms. The van der Waals surface area contributed by atoms with Crippen LogP contribution in [0.5, 0.6) is 0 Å². The first-order valence-corrected chi connectivity index (χ1v) is 16.5. The molecule has 5 rings (SSSR count). The maximum atomic E-state index is 15.3. The van der Waals surface area contributed by atoms with Crippen molar-refractivity contribution in [3.63, 3.8) is 0 Å². The number of carbonyl (C=O) groups is 2. The van der Waals surface area contributed by atoms with Gasteiger partial charge in [0.2, 0.25) is 5.91 Å². The Morgan fingerprint density at radius 2 is 1.68 bits per heavy atom. The van der Waals surface area contributed by atoms with E-state index in [0.29, 0.717) is 44.7 Å². The first-order chi connectivity index (χ1) is 20.6. The second-order valence-corrected chi connectivity index (χ2v) is 15.4. The number of benzene rings is 2. The monoisotopic (exact) mass is 605 g/mol. The lowest BCUT2D eigenvalue weighted by Crippen LogP contribution is -2.60. The van der Waals surface area contributed by atoms with Crippen LogP contribution in [0.1, 0.15) is 88.6 Å². The fourth-order valence-electron chi connectivity index (χ4n) is 7.37. The predicted octanol–water partition coefficient (Wildman–Crippen LogP) is 5.92. The zero-order valence-electron chi connectivity index (χ0n) is 28.1. The van der Waals surface area contributed by atoms with Gasteiger partial charge in [0.15, 0.2) is 0 Å². The number of likely N-dealkylation sites (tertiary alicyclic amines) is 1. The lowest BCUT2D eigenvalue weighted by atomic mass is 9.86. The predicted molar refractivity (Wildman–Crippen MR) is 173 cm³/mol. The highest BCUT2D eigenvalue weighted by molar-refractivity contribution is 5.81. The Labute approximate surface area is 263 Å². The summed E-state index contributed by atoms with van der Waals surface area (Å²) < 4.78 is 21.2. The second-order valence-electron chi connectivity index (χ2n) is 15.4. The van der Waals surface area contributed by atoms with Crippen LogP contribution in [0.3, 0.4) is 0 Å². The van der Waals surface area contributed by atoms with Gasteiger partial charge in [-0.05, 0) is 115 Å². The van der Waals surface area contributed by atoms with Crippen molar-refractivity contribution in [3.05, 3.63) is 70.0 Å². The Morgan fingerprint density at radius 1 is 0.955 bits per heavy atom. The zero-order valence-corrected chi connectivity index (χ0v) is 28.1. The van der Waals surface area contributed by atoms with Gasteiger partial charge >= 0.3 is 5.97 Å². The number of fused-ring (bicyclic) bond motifs is 1. The summed E-state index contributed by atoms with van der Waals surface area (Å²) in [6.45, 7) is 19.1. The normalized spacial score (nSPS) is 23.9. The van der Waals surface area contributed by atoms with E-state index < -0.39 is 11.6 Å². The molecule has 2 heterocycles. The Kier molecular flexibility index (Phi) is 9.31. The van der Waals surface area contributed by atoms with Crippen molar-refractivity contribution in [2.75, 3.05) is 32.7 Å². The number of amides is 1. The van der Waals surface area contributed by atoms with Crippen LogP contribution in [-0.4, -0.2) is 82.5 Å². The van der Waals surface area contributed by atoms with E-state index in [1.54, 1.807) is 6.07 Å². The second kappa shape index (κ2) is 12.6. The van der Waals surface area contributed by atoms with Crippen LogP contribution in [0.2, 0.25) is 0 Å². The topological polar surface area (TPSA) is 53.1 Å². The first kappa shape index (κ1) is 32.6. The van der Waals surface area contributed by atoms with Gasteiger partial charge in [0.25, 0.3) is 0 Å². The third-order valence-corrected chi connectivity index (χ3v) is 9.79. The lowest BCUT2D eigenvalue weighted by molar-refractivity contribution is -0.163. The Bertz CT molecular complexity index is 1380. The number of esters is 1. The van der Waals surface area contributed by atoms with E-state index in [9.17, 15) is 9.59 Å². The van der Waals surface area contributed by atoms with Gasteiger partial charge in [0, 0.05) is 50.2 Å². The molecule has 0 aromatic heterocycles. The quantitative estimate of drug-likeness (QED) is 0.383. The van der Waals surface area contributed by atoms with Crippen molar-refractivity contribution in [2.24, 2.45) is 5.92 Å². The van der Waals surface area contributed by atoms with Crippen molar-refractivity contribution >= 4 is 11.9 Å². The van der Waals surface area contributed by atoms with Crippen molar-refractivity contribution in [3.8, 4) is 0 Å². The number of rotatable bonds is 6. The summed E-state index contributed by atoms with van der Waals surface area (Å²) in [6, 6.07) is 11.5. The summed E-state index contributed by atoms with van der Waals surface area (Å²) in [6.07, 6.45) is 4.00. The molecule has 2 aliphatic heterocycles. The van der Waals surface area contributed by atoms with Crippen LogP contribution in [0.15, 0.2) is 36.4 Å². The van der Waals surface area contributed by atoms with Crippen LogP contribution in [0, 0.1) is 18.7 Å². The summed E-state index contributed by atoms with van der Waals surface area (Å²) >= 11 is 0. The number of nitrogens with zero attached hydrogens (tertiary/aromatic N) is 3. The number of ether oxygens (including phenoxy) is 1. The molecule has 7 heteroatoms. The largest absolute Gasteiger partial charge is 0.459 e. The highest BCUT2D eigenvalue weighted by Crippen LogP contribution is 2.39. The molecule has 240 valence electrons. The summed E-state index contributed by atoms with van der Waals surface area (Å²) in [4.78, 5) is 34.4. The Morgan fingerprint density at radius 3 is 2.34 bits per heavy atom. The summed E-state index contributed by atoms with van der Waals surface area (Å²) in [5, 5.41) is 0. The van der Waals surface area contributed by atoms with E-state index in [1.807, 2.05) is 44.7 Å². The minimum absolute atomic E-state index is 0.0846. The number of hydrogen-bond donors (Lipinski definition) is 0. The van der Waals surface area contributed by atoms with E-state index >= 15 is 4.39 Å². The van der Waals surface area contributed by atoms with Crippen molar-refractivity contribution in [1.82, 2.24) is 14.7 Å². The minimum atomic E-state index is -0.585. The van der Waals surface area contributed by atoms with E-state index in [0.717, 1.165) is 24.0 Å². The SMILES string of the molecule is Cc1ccc(C2CN(C(C)(C)C)CC2C(=O)N2CCN([C@@H](Cc3ccc4c(c3)CCC4)C(=O)OC(C)(C)C)C[C@@H]2C)c(F)c1. The molecular formula is C37H52FN3O3. The Balaban J connectivity index is 1.35. The molecule has 0 bridgehead atoms. The molecule has 0 radical (unpaired) electrons. The molecule has 3 aliphatic rings. The third kappa shape index (κ3) is 7.20. The highest BCUT2D eigenvalue weighted by atomic mass is 19.1. The number of aryl methyl sites for hydroxylation is 3. The Hall–Kier alpha value is -2.77. The van der Waals surface area contributed by atoms with E-state index in [4.69, 9.17) is 4.74 Å². The van der Waals surface area contributed by atoms with E-state index in [2.05, 4.69) is 55.7 Å². The average molecular weight is 606 g/mol. The molecule has 2 saturated heterocycles. The molecule has 1 aliphatic carbocycles. The smallest absolute Gasteiger partial charge is 0.324 e. The molecule has 2 aromatic carbocycles. The van der Waals surface area contributed by atoms with Gasteiger partial charge in [-0.25, -0.2) is 4.39 Å². The summed E-state index contributed by atoms with van der Waals surface area (Å²) in [5.41, 5.74) is 4.77. The molecule has 0 saturated carbocycles. The van der Waals surface area contributed by atoms with E-state index in [-0.39, 0.29) is 41.1 Å². The van der Waals surface area contributed by atoms with Crippen molar-refractivity contribution in [2.45, 2.75) is 110 Å². The standard InChI is InChI=1S/C37H52FN3O3/c1-24-12-15-29(32(38)18-24)30-22-40(36(3,4)5)23-31(30)34(42)41-17-16-39(21-25(41)2)33(35(43)44-37(6,7)8)20-26-13-14-27-10-9-11-28(27)19-26/h12-15,18-19,25,30-31,33H,9-11,16-17,20-23H2,1-8H3/t25-,30?,31?,33-/m0/s1. The highest BCUT2D eigenvalue weighted by Gasteiger charge is 2.46. The van der Waals surface area contributed by atoms with Crippen LogP contribution in [-0.2, 0) is 33.6 Å². The molecule has 1 amide bonds. The summed E-state index contributed by atoms with van der Waals surface area (Å²) in [7, 11) is 0. The fourth-order valence-corrected chi connectivity index (χ4v) is 7.37. The van der Waals surface area contributed by atoms with Gasteiger partial charge in [-0.15, -0.1) is 0 Å². The average Bonchev–Trinajstić information content (AvgIpc) is 3.57. The number of hydrogen-bond acceptors (Lipinski definition) is 5. The van der Waals surface area contributed by atoms with Crippen LogP contribution in [0.4, 0.5) is 4.39 Å². The number of carbonyl (C=O) groups excluding carboxylic acids is 2. The molecule has 2 unspecified atom stereocenters. The molecule has 0 N–H and O–H groups in total. The van der Waals surface area contributed by atoms with Gasteiger partial charge in [-0.3, -0.25) is 19.4 Å². The van der Waals surface area contributed by atoms with Crippen molar-refractivity contribution < 1.29 is 18.7 Å². The fraction of sp³-hybridized carbons (Fsp3) is 0.622. The minimum Gasteiger partial charge on any atom is -0.459 e. The van der Waals surface area contributed by atoms with Crippen LogP contribution < -0.4 is 0 Å². The maximum Gasteiger partial charge on any atom is 0.324 e. The molecule has 2 fully saturated rings. The van der Waals surface area contributed by atoms with Gasteiger partial charge in [0.05, 0.1) is 5.92 Å². The number of halogens is 1. The number of piperazine rings is 1.